The Morgan fingerprint density at radius 2 is 0.295 bits per heavy atom. The van der Waals surface area contributed by atoms with E-state index in [1.807, 2.05) is 0 Å². The van der Waals surface area contributed by atoms with Gasteiger partial charge in [-0.2, -0.15) is 0 Å². The summed E-state index contributed by atoms with van der Waals surface area (Å²) < 4.78 is 35.4. The minimum Gasteiger partial charge on any atom is -0.462 e. The van der Waals surface area contributed by atoms with Crippen LogP contribution in [0.4, 0.5) is 0 Å². The second-order valence-electron chi connectivity index (χ2n) is 32.2. The maximum absolute atomic E-state index is 13.3. The summed E-state index contributed by atoms with van der Waals surface area (Å²) in [7, 11) is 0. The van der Waals surface area contributed by atoms with E-state index in [1.54, 1.807) is 0 Å². The summed E-state index contributed by atoms with van der Waals surface area (Å²) >= 11 is 0. The van der Waals surface area contributed by atoms with Crippen LogP contribution in [0.25, 0.3) is 0 Å². The van der Waals surface area contributed by atoms with E-state index in [4.69, 9.17) is 28.4 Å². The quantitative estimate of drug-likeness (QED) is 0.0323. The minimum atomic E-state index is -0.856. The Hall–Kier alpha value is -3.18. The highest BCUT2D eigenvalue weighted by atomic mass is 16.6. The molecule has 0 rings (SSSR count). The van der Waals surface area contributed by atoms with Gasteiger partial charge in [-0.3, -0.25) is 28.8 Å². The molecule has 0 aromatic heterocycles. The van der Waals surface area contributed by atoms with E-state index in [1.165, 1.54) is 193 Å². The van der Waals surface area contributed by atoms with E-state index in [9.17, 15) is 28.8 Å². The van der Waals surface area contributed by atoms with Gasteiger partial charge in [-0.15, -0.1) is 0 Å². The van der Waals surface area contributed by atoms with Gasteiger partial charge in [-0.1, -0.05) is 369 Å². The smallest absolute Gasteiger partial charge is 0.306 e. The highest BCUT2D eigenvalue weighted by molar-refractivity contribution is 5.71. The average Bonchev–Trinajstić information content (AvgIpc) is 1.15. The van der Waals surface area contributed by atoms with E-state index < -0.39 is 6.10 Å². The lowest BCUT2D eigenvalue weighted by molar-refractivity contribution is -0.167. The molecule has 0 aliphatic carbocycles. The number of esters is 6. The molecular weight excluding hydrogens is 1310 g/mol. The molecule has 0 saturated carbocycles. The zero-order valence-electron chi connectivity index (χ0n) is 70.7. The molecule has 620 valence electrons. The largest absolute Gasteiger partial charge is 0.462 e. The monoisotopic (exact) mass is 1490 g/mol. The first-order chi connectivity index (χ1) is 51.5. The summed E-state index contributed by atoms with van der Waals surface area (Å²) in [5.74, 6) is -1.04. The van der Waals surface area contributed by atoms with Crippen LogP contribution in [0.2, 0.25) is 0 Å². The third-order valence-corrected chi connectivity index (χ3v) is 21.6. The first-order valence-electron chi connectivity index (χ1n) is 46.6. The highest BCUT2D eigenvalue weighted by Crippen LogP contribution is 2.24. The molecule has 0 spiro atoms. The molecule has 0 aromatic rings. The Labute approximate surface area is 650 Å². The van der Waals surface area contributed by atoms with Crippen LogP contribution < -0.4 is 0 Å². The molecule has 105 heavy (non-hydrogen) atoms. The molecule has 0 aliphatic heterocycles. The van der Waals surface area contributed by atoms with Gasteiger partial charge in [0.1, 0.15) is 31.5 Å². The van der Waals surface area contributed by atoms with E-state index in [0.717, 1.165) is 244 Å². The van der Waals surface area contributed by atoms with Crippen molar-refractivity contribution in [2.45, 2.75) is 548 Å². The summed E-state index contributed by atoms with van der Waals surface area (Å²) in [4.78, 5) is 77.8. The fraction of sp³-hybridized carbons (Fsp3) is 0.935. The second-order valence-corrected chi connectivity index (χ2v) is 32.2. The Morgan fingerprint density at radius 3 is 0.476 bits per heavy atom. The average molecular weight is 1490 g/mol. The van der Waals surface area contributed by atoms with Gasteiger partial charge in [0.05, 0.1) is 0 Å². The lowest BCUT2D eigenvalue weighted by Crippen LogP contribution is -2.30. The Morgan fingerprint density at radius 1 is 0.162 bits per heavy atom. The Balaban J connectivity index is 5.04. The second kappa shape index (κ2) is 83.3. The van der Waals surface area contributed by atoms with Crippen molar-refractivity contribution in [3.05, 3.63) is 0 Å². The van der Waals surface area contributed by atoms with Crippen LogP contribution in [-0.2, 0) is 57.2 Å². The molecule has 0 bridgehead atoms. The predicted molar refractivity (Wildman–Crippen MR) is 442 cm³/mol. The predicted octanol–water partition coefficient (Wildman–Crippen LogP) is 29.1. The molecule has 3 atom stereocenters. The number of hydrogen-bond acceptors (Lipinski definition) is 12. The van der Waals surface area contributed by atoms with E-state index in [-0.39, 0.29) is 73.8 Å². The van der Waals surface area contributed by atoms with Gasteiger partial charge in [0.2, 0.25) is 0 Å². The third-order valence-electron chi connectivity index (χ3n) is 21.6. The van der Waals surface area contributed by atoms with Crippen molar-refractivity contribution in [3.8, 4) is 0 Å². The van der Waals surface area contributed by atoms with E-state index >= 15 is 0 Å². The van der Waals surface area contributed by atoms with Crippen LogP contribution in [0.5, 0.6) is 0 Å². The van der Waals surface area contributed by atoms with E-state index in [0.29, 0.717) is 38.5 Å². The van der Waals surface area contributed by atoms with Crippen molar-refractivity contribution >= 4 is 35.8 Å². The van der Waals surface area contributed by atoms with Crippen LogP contribution in [0, 0.1) is 0 Å². The van der Waals surface area contributed by atoms with E-state index in [2.05, 4.69) is 41.5 Å². The Bertz CT molecular complexity index is 1780. The lowest BCUT2D eigenvalue weighted by atomic mass is 10.0. The maximum atomic E-state index is 13.3. The first kappa shape index (κ1) is 102. The standard InChI is InChI=1S/C93H176O12/c1-7-13-19-25-28-31-45-54-66-78-90(96)102-84(70-58-22-16-10-4)73-61-49-40-34-37-43-52-64-76-88(94)100-82-87(105-93(99)81-69-57-48-39-36-42-51-63-75-86(72-60-24-18-12-6)104-92(98)80-68-56-47-33-30-27-21-15-9-3)83-101-89(95)77-65-53-44-38-35-41-50-62-74-85(71-59-23-17-11-5)103-91(97)79-67-55-46-32-29-26-20-14-8-2/h84-87H,7-83H2,1-6H3. The zero-order chi connectivity index (χ0) is 76.5. The molecule has 3 unspecified atom stereocenters. The van der Waals surface area contributed by atoms with Gasteiger partial charge < -0.3 is 28.4 Å². The maximum Gasteiger partial charge on any atom is 0.306 e. The molecular formula is C93H176O12. The molecule has 0 saturated heterocycles. The van der Waals surface area contributed by atoms with Crippen LogP contribution in [0.1, 0.15) is 523 Å². The van der Waals surface area contributed by atoms with Crippen LogP contribution in [0.3, 0.4) is 0 Å². The zero-order valence-corrected chi connectivity index (χ0v) is 70.7. The molecule has 12 nitrogen and oxygen atoms in total. The van der Waals surface area contributed by atoms with Gasteiger partial charge in [0.25, 0.3) is 0 Å². The van der Waals surface area contributed by atoms with Crippen molar-refractivity contribution in [2.75, 3.05) is 13.2 Å². The van der Waals surface area contributed by atoms with Crippen molar-refractivity contribution in [2.24, 2.45) is 0 Å². The number of hydrogen-bond donors (Lipinski definition) is 0. The minimum absolute atomic E-state index is 0.00834. The number of carbonyl (C=O) groups is 6. The molecule has 0 aromatic carbocycles. The summed E-state index contributed by atoms with van der Waals surface area (Å²) in [6.07, 6.45) is 80.4. The van der Waals surface area contributed by atoms with Gasteiger partial charge in [-0.25, -0.2) is 0 Å². The number of carbonyl (C=O) groups excluding carboxylic acids is 6. The normalized spacial score (nSPS) is 12.6. The molecule has 0 amide bonds. The lowest BCUT2D eigenvalue weighted by Gasteiger charge is -2.18. The molecule has 0 fully saturated rings. The summed E-state index contributed by atoms with van der Waals surface area (Å²) in [5, 5.41) is 0. The summed E-state index contributed by atoms with van der Waals surface area (Å²) in [6, 6.07) is 0. The van der Waals surface area contributed by atoms with Gasteiger partial charge >= 0.3 is 35.8 Å². The summed E-state index contributed by atoms with van der Waals surface area (Å²) in [6.45, 7) is 13.2. The SMILES string of the molecule is CCCCCCCCCCCC(=O)OC(CCCCCC)CCCCCCCCCCC(=O)OCC(COC(=O)CCCCCCCCCCC(CCCCCC)OC(=O)CCCCCCCCCCC)OC(=O)CCCCCCCCCCC(CCCCCC)OC(=O)CCCCCCCCCCC. The topological polar surface area (TPSA) is 158 Å². The van der Waals surface area contributed by atoms with Crippen LogP contribution in [-0.4, -0.2) is 73.4 Å². The number of rotatable bonds is 86. The highest BCUT2D eigenvalue weighted by Gasteiger charge is 2.21. The van der Waals surface area contributed by atoms with Crippen LogP contribution >= 0.6 is 0 Å². The van der Waals surface area contributed by atoms with Crippen molar-refractivity contribution in [1.29, 1.82) is 0 Å². The number of ether oxygens (including phenoxy) is 6. The van der Waals surface area contributed by atoms with Crippen molar-refractivity contribution < 1.29 is 57.2 Å². The van der Waals surface area contributed by atoms with Gasteiger partial charge in [-0.05, 0) is 116 Å². The van der Waals surface area contributed by atoms with Gasteiger partial charge in [0, 0.05) is 38.5 Å². The van der Waals surface area contributed by atoms with Gasteiger partial charge in [0.15, 0.2) is 6.10 Å². The molecule has 12 heteroatoms. The molecule has 0 radical (unpaired) electrons. The third kappa shape index (κ3) is 77.4. The van der Waals surface area contributed by atoms with Crippen molar-refractivity contribution in [3.63, 3.8) is 0 Å². The molecule has 0 N–H and O–H groups in total. The van der Waals surface area contributed by atoms with Crippen molar-refractivity contribution in [1.82, 2.24) is 0 Å². The molecule has 0 heterocycles. The summed E-state index contributed by atoms with van der Waals surface area (Å²) in [5.41, 5.74) is 0. The number of unbranched alkanes of at least 4 members (excludes halogenated alkanes) is 54. The first-order valence-corrected chi connectivity index (χ1v) is 46.6. The Kier molecular flexibility index (Phi) is 80.8. The fourth-order valence-corrected chi connectivity index (χ4v) is 14.6. The fourth-order valence-electron chi connectivity index (χ4n) is 14.6. The van der Waals surface area contributed by atoms with Crippen LogP contribution in [0.15, 0.2) is 0 Å². The molecule has 0 aliphatic rings.